The smallest absolute Gasteiger partial charge is 0.271 e. The molecule has 0 aliphatic heterocycles. The minimum atomic E-state index is -0.496. The van der Waals surface area contributed by atoms with Crippen LogP contribution in [0.5, 0.6) is 0 Å². The third-order valence-electron chi connectivity index (χ3n) is 2.66. The van der Waals surface area contributed by atoms with E-state index in [9.17, 15) is 14.9 Å². The summed E-state index contributed by atoms with van der Waals surface area (Å²) in [5, 5.41) is 18.6. The molecule has 0 aliphatic carbocycles. The first-order valence-electron chi connectivity index (χ1n) is 5.99. The molecule has 0 saturated carbocycles. The van der Waals surface area contributed by atoms with E-state index in [0.29, 0.717) is 12.2 Å². The highest BCUT2D eigenvalue weighted by Gasteiger charge is 2.10. The Morgan fingerprint density at radius 2 is 2.14 bits per heavy atom. The van der Waals surface area contributed by atoms with Gasteiger partial charge in [-0.2, -0.15) is 0 Å². The van der Waals surface area contributed by atoms with E-state index in [1.807, 2.05) is 11.4 Å². The van der Waals surface area contributed by atoms with Crippen molar-refractivity contribution in [1.29, 1.82) is 0 Å². The zero-order valence-electron chi connectivity index (χ0n) is 11.1. The van der Waals surface area contributed by atoms with E-state index in [-0.39, 0.29) is 16.6 Å². The van der Waals surface area contributed by atoms with Crippen molar-refractivity contribution in [2.45, 2.75) is 13.5 Å². The van der Waals surface area contributed by atoms with Crippen LogP contribution in [0.25, 0.3) is 0 Å². The van der Waals surface area contributed by atoms with Crippen molar-refractivity contribution in [3.8, 4) is 0 Å². The number of thiophene rings is 1. The van der Waals surface area contributed by atoms with Gasteiger partial charge in [-0.1, -0.05) is 11.6 Å². The lowest BCUT2D eigenvalue weighted by Crippen LogP contribution is -2.08. The highest BCUT2D eigenvalue weighted by atomic mass is 35.5. The number of nitrogens with one attached hydrogen (secondary N) is 2. The minimum absolute atomic E-state index is 0.0550. The third-order valence-corrected chi connectivity index (χ3v) is 3.89. The van der Waals surface area contributed by atoms with Gasteiger partial charge in [0.25, 0.3) is 5.69 Å². The molecule has 1 amide bonds. The normalized spacial score (nSPS) is 10.2. The van der Waals surface area contributed by atoms with Gasteiger partial charge in [0.05, 0.1) is 27.9 Å². The number of hydrogen-bond acceptors (Lipinski definition) is 5. The first kappa shape index (κ1) is 15.3. The van der Waals surface area contributed by atoms with E-state index in [1.54, 1.807) is 6.07 Å². The van der Waals surface area contributed by atoms with Gasteiger partial charge in [-0.25, -0.2) is 0 Å². The van der Waals surface area contributed by atoms with Gasteiger partial charge < -0.3 is 10.6 Å². The average molecular weight is 326 g/mol. The van der Waals surface area contributed by atoms with Crippen LogP contribution >= 0.6 is 22.9 Å². The molecule has 6 nitrogen and oxygen atoms in total. The number of halogens is 1. The molecule has 0 spiro atoms. The summed E-state index contributed by atoms with van der Waals surface area (Å²) < 4.78 is 0. The van der Waals surface area contributed by atoms with Gasteiger partial charge >= 0.3 is 0 Å². The first-order valence-corrected chi connectivity index (χ1v) is 7.25. The molecule has 1 aromatic heterocycles. The summed E-state index contributed by atoms with van der Waals surface area (Å²) in [7, 11) is 0. The second-order valence-corrected chi connectivity index (χ2v) is 5.62. The Balaban J connectivity index is 2.08. The Morgan fingerprint density at radius 1 is 1.38 bits per heavy atom. The predicted octanol–water partition coefficient (Wildman–Crippen LogP) is 3.88. The molecule has 110 valence electrons. The Morgan fingerprint density at radius 3 is 2.76 bits per heavy atom. The van der Waals surface area contributed by atoms with E-state index >= 15 is 0 Å². The van der Waals surface area contributed by atoms with Crippen molar-refractivity contribution in [1.82, 2.24) is 0 Å². The van der Waals surface area contributed by atoms with Crippen LogP contribution in [0.1, 0.15) is 11.8 Å². The van der Waals surface area contributed by atoms with E-state index in [2.05, 4.69) is 10.6 Å². The largest absolute Gasteiger partial charge is 0.379 e. The molecule has 0 radical (unpaired) electrons. The fraction of sp³-hybridized carbons (Fsp3) is 0.154. The first-order chi connectivity index (χ1) is 9.97. The third kappa shape index (κ3) is 3.93. The number of carbonyl (C=O) groups is 1. The van der Waals surface area contributed by atoms with Crippen molar-refractivity contribution in [2.75, 3.05) is 10.6 Å². The summed E-state index contributed by atoms with van der Waals surface area (Å²) >= 11 is 7.50. The second-order valence-electron chi connectivity index (χ2n) is 4.21. The number of nitro groups is 1. The molecular formula is C13H12ClN3O3S. The lowest BCUT2D eigenvalue weighted by Gasteiger charge is -2.09. The molecule has 0 unspecified atom stereocenters. The van der Waals surface area contributed by atoms with Crippen LogP contribution in [0.3, 0.4) is 0 Å². The highest BCUT2D eigenvalue weighted by Crippen LogP contribution is 2.29. The van der Waals surface area contributed by atoms with Crippen LogP contribution in [0.15, 0.2) is 29.6 Å². The summed E-state index contributed by atoms with van der Waals surface area (Å²) in [6.07, 6.45) is 0. The van der Waals surface area contributed by atoms with E-state index in [4.69, 9.17) is 11.6 Å². The summed E-state index contributed by atoms with van der Waals surface area (Å²) in [5.74, 6) is -0.136. The molecule has 2 aromatic rings. The van der Waals surface area contributed by atoms with Crippen LogP contribution in [0, 0.1) is 10.1 Å². The lowest BCUT2D eigenvalue weighted by atomic mass is 10.2. The number of carbonyl (C=O) groups excluding carboxylic acids is 1. The monoisotopic (exact) mass is 325 g/mol. The van der Waals surface area contributed by atoms with Crippen molar-refractivity contribution in [3.05, 3.63) is 49.7 Å². The van der Waals surface area contributed by atoms with Gasteiger partial charge in [-0.3, -0.25) is 14.9 Å². The van der Waals surface area contributed by atoms with Crippen LogP contribution in [0.4, 0.5) is 17.1 Å². The Kier molecular flexibility index (Phi) is 4.77. The van der Waals surface area contributed by atoms with Gasteiger partial charge in [0, 0.05) is 23.9 Å². The molecule has 0 atom stereocenters. The van der Waals surface area contributed by atoms with Crippen LogP contribution in [0.2, 0.25) is 5.02 Å². The molecule has 0 saturated heterocycles. The Hall–Kier alpha value is -2.12. The van der Waals surface area contributed by atoms with Crippen LogP contribution < -0.4 is 10.6 Å². The van der Waals surface area contributed by atoms with Crippen molar-refractivity contribution in [3.63, 3.8) is 0 Å². The Labute approximate surface area is 129 Å². The lowest BCUT2D eigenvalue weighted by molar-refractivity contribution is -0.384. The number of nitrogens with zero attached hydrogens (tertiary/aromatic N) is 1. The Bertz CT molecular complexity index is 687. The summed E-state index contributed by atoms with van der Waals surface area (Å²) in [6.45, 7) is 1.91. The number of amides is 1. The molecule has 0 fully saturated rings. The summed E-state index contributed by atoms with van der Waals surface area (Å²) in [6, 6.07) is 6.07. The van der Waals surface area contributed by atoms with Gasteiger partial charge in [-0.15, -0.1) is 11.3 Å². The second kappa shape index (κ2) is 6.55. The van der Waals surface area contributed by atoms with Gasteiger partial charge in [0.2, 0.25) is 5.91 Å². The standard InChI is InChI=1S/C13H12ClN3O3S/c1-8(18)16-12-4-5-21-13(12)7-15-11-3-2-9(17(19)20)6-10(11)14/h2-6,15H,7H2,1H3,(H,16,18). The van der Waals surface area contributed by atoms with Gasteiger partial charge in [-0.05, 0) is 17.5 Å². The fourth-order valence-corrected chi connectivity index (χ4v) is 2.73. The molecule has 0 aliphatic rings. The molecule has 8 heteroatoms. The zero-order valence-corrected chi connectivity index (χ0v) is 12.6. The number of anilines is 2. The quantitative estimate of drug-likeness (QED) is 0.645. The van der Waals surface area contributed by atoms with Crippen molar-refractivity contribution < 1.29 is 9.72 Å². The zero-order chi connectivity index (χ0) is 15.4. The summed E-state index contributed by atoms with van der Waals surface area (Å²) in [5.41, 5.74) is 1.29. The molecular weight excluding hydrogens is 314 g/mol. The maximum absolute atomic E-state index is 11.1. The topological polar surface area (TPSA) is 84.3 Å². The van der Waals surface area contributed by atoms with Crippen molar-refractivity contribution >= 4 is 45.9 Å². The van der Waals surface area contributed by atoms with Gasteiger partial charge in [0.1, 0.15) is 0 Å². The maximum Gasteiger partial charge on any atom is 0.271 e. The molecule has 1 heterocycles. The SMILES string of the molecule is CC(=O)Nc1ccsc1CNc1ccc([N+](=O)[O-])cc1Cl. The molecule has 2 N–H and O–H groups in total. The minimum Gasteiger partial charge on any atom is -0.379 e. The van der Waals surface area contributed by atoms with Crippen LogP contribution in [-0.4, -0.2) is 10.8 Å². The van der Waals surface area contributed by atoms with E-state index < -0.39 is 4.92 Å². The molecule has 2 rings (SSSR count). The van der Waals surface area contributed by atoms with Gasteiger partial charge in [0.15, 0.2) is 0 Å². The molecule has 1 aromatic carbocycles. The van der Waals surface area contributed by atoms with E-state index in [1.165, 1.54) is 30.4 Å². The van der Waals surface area contributed by atoms with Crippen molar-refractivity contribution in [2.24, 2.45) is 0 Å². The van der Waals surface area contributed by atoms with Crippen LogP contribution in [-0.2, 0) is 11.3 Å². The average Bonchev–Trinajstić information content (AvgIpc) is 2.83. The highest BCUT2D eigenvalue weighted by molar-refractivity contribution is 7.10. The maximum atomic E-state index is 11.1. The number of nitro benzene ring substituents is 1. The molecule has 21 heavy (non-hydrogen) atoms. The number of rotatable bonds is 5. The molecule has 0 bridgehead atoms. The number of benzene rings is 1. The number of non-ortho nitro benzene ring substituents is 1. The number of hydrogen-bond donors (Lipinski definition) is 2. The summed E-state index contributed by atoms with van der Waals surface area (Å²) in [4.78, 5) is 22.2. The predicted molar refractivity (Wildman–Crippen MR) is 84.1 cm³/mol. The van der Waals surface area contributed by atoms with E-state index in [0.717, 1.165) is 10.6 Å². The fourth-order valence-electron chi connectivity index (χ4n) is 1.71.